The summed E-state index contributed by atoms with van der Waals surface area (Å²) < 4.78 is 7.01. The van der Waals surface area contributed by atoms with Crippen LogP contribution in [-0.4, -0.2) is 48.1 Å². The molecule has 28 heavy (non-hydrogen) atoms. The van der Waals surface area contributed by atoms with Gasteiger partial charge in [-0.1, -0.05) is 42.5 Å². The molecule has 5 nitrogen and oxygen atoms in total. The number of amides is 1. The number of nitrogens with zero attached hydrogens (tertiary/aromatic N) is 2. The van der Waals surface area contributed by atoms with Crippen molar-refractivity contribution in [3.05, 3.63) is 65.2 Å². The van der Waals surface area contributed by atoms with Crippen LogP contribution >= 0.6 is 11.3 Å². The largest absolute Gasteiger partial charge is 0.374 e. The number of carbonyl (C=O) groups excluding carboxylic acids is 1. The topological polar surface area (TPSA) is 54.5 Å². The normalized spacial score (nSPS) is 17.6. The summed E-state index contributed by atoms with van der Waals surface area (Å²) in [6.45, 7) is 3.96. The molecule has 0 spiro atoms. The molecule has 1 unspecified atom stereocenters. The maximum absolute atomic E-state index is 12.2. The van der Waals surface area contributed by atoms with Gasteiger partial charge >= 0.3 is 0 Å². The molecule has 1 amide bonds. The van der Waals surface area contributed by atoms with Gasteiger partial charge in [0, 0.05) is 39.0 Å². The Morgan fingerprint density at radius 1 is 1.18 bits per heavy atom. The zero-order chi connectivity index (χ0) is 19.2. The van der Waals surface area contributed by atoms with E-state index in [1.165, 1.54) is 10.3 Å². The lowest BCUT2D eigenvalue weighted by molar-refractivity contribution is -0.122. The minimum Gasteiger partial charge on any atom is -0.374 e. The predicted molar refractivity (Wildman–Crippen MR) is 112 cm³/mol. The van der Waals surface area contributed by atoms with E-state index < -0.39 is 0 Å². The van der Waals surface area contributed by atoms with Crippen molar-refractivity contribution < 1.29 is 9.53 Å². The standard InChI is InChI=1S/C22H25N3O2S/c26-21(10-11-22-24-19-8-4-5-9-20(19)28-22)23-14-18-16-25(12-13-27-18)15-17-6-2-1-3-7-17/h1-9,18H,10-16H2,(H,23,26). The van der Waals surface area contributed by atoms with E-state index in [0.29, 0.717) is 26.0 Å². The van der Waals surface area contributed by atoms with Crippen LogP contribution in [0.3, 0.4) is 0 Å². The molecule has 1 fully saturated rings. The summed E-state index contributed by atoms with van der Waals surface area (Å²) in [5.41, 5.74) is 2.32. The number of nitrogens with one attached hydrogen (secondary N) is 1. The summed E-state index contributed by atoms with van der Waals surface area (Å²) in [5, 5.41) is 4.04. The number of ether oxygens (including phenoxy) is 1. The van der Waals surface area contributed by atoms with E-state index in [-0.39, 0.29) is 12.0 Å². The monoisotopic (exact) mass is 395 g/mol. The second-order valence-electron chi connectivity index (χ2n) is 7.09. The average Bonchev–Trinajstić information content (AvgIpc) is 3.15. The summed E-state index contributed by atoms with van der Waals surface area (Å²) in [7, 11) is 0. The van der Waals surface area contributed by atoms with Crippen LogP contribution in [-0.2, 0) is 22.5 Å². The van der Waals surface area contributed by atoms with Gasteiger partial charge < -0.3 is 10.1 Å². The number of aromatic nitrogens is 1. The number of thiazole rings is 1. The summed E-state index contributed by atoms with van der Waals surface area (Å²) >= 11 is 1.66. The third-order valence-corrected chi connectivity index (χ3v) is 6.00. The number of aryl methyl sites for hydroxylation is 1. The number of rotatable bonds is 7. The van der Waals surface area contributed by atoms with Gasteiger partial charge in [0.15, 0.2) is 0 Å². The van der Waals surface area contributed by atoms with Crippen molar-refractivity contribution in [2.75, 3.05) is 26.2 Å². The van der Waals surface area contributed by atoms with Gasteiger partial charge in [-0.3, -0.25) is 9.69 Å². The molecule has 1 N–H and O–H groups in total. The maximum atomic E-state index is 12.2. The van der Waals surface area contributed by atoms with Crippen molar-refractivity contribution in [1.82, 2.24) is 15.2 Å². The number of benzene rings is 2. The van der Waals surface area contributed by atoms with E-state index >= 15 is 0 Å². The Balaban J connectivity index is 1.20. The van der Waals surface area contributed by atoms with Crippen LogP contribution in [0.4, 0.5) is 0 Å². The van der Waals surface area contributed by atoms with E-state index in [1.807, 2.05) is 24.3 Å². The molecular weight excluding hydrogens is 370 g/mol. The van der Waals surface area contributed by atoms with E-state index in [4.69, 9.17) is 4.74 Å². The highest BCUT2D eigenvalue weighted by Gasteiger charge is 2.21. The van der Waals surface area contributed by atoms with Gasteiger partial charge in [0.05, 0.1) is 27.9 Å². The first-order valence-corrected chi connectivity index (χ1v) is 10.6. The molecule has 3 aromatic rings. The molecule has 1 aliphatic heterocycles. The second-order valence-corrected chi connectivity index (χ2v) is 8.21. The van der Waals surface area contributed by atoms with Crippen LogP contribution in [0, 0.1) is 0 Å². The Morgan fingerprint density at radius 2 is 2.00 bits per heavy atom. The third kappa shape index (κ3) is 5.16. The molecule has 6 heteroatoms. The van der Waals surface area contributed by atoms with Crippen molar-refractivity contribution in [2.45, 2.75) is 25.5 Å². The minimum absolute atomic E-state index is 0.0452. The molecule has 4 rings (SSSR count). The second kappa shape index (κ2) is 9.28. The summed E-state index contributed by atoms with van der Waals surface area (Å²) in [6, 6.07) is 18.6. The van der Waals surface area contributed by atoms with Crippen molar-refractivity contribution >= 4 is 27.5 Å². The van der Waals surface area contributed by atoms with Crippen LogP contribution in [0.1, 0.15) is 17.0 Å². The number of hydrogen-bond donors (Lipinski definition) is 1. The van der Waals surface area contributed by atoms with E-state index in [2.05, 4.69) is 45.5 Å². The number of para-hydroxylation sites is 1. The molecule has 0 aliphatic carbocycles. The van der Waals surface area contributed by atoms with Crippen LogP contribution < -0.4 is 5.32 Å². The lowest BCUT2D eigenvalue weighted by atomic mass is 10.2. The number of morpholine rings is 1. The number of carbonyl (C=O) groups is 1. The van der Waals surface area contributed by atoms with Gasteiger partial charge in [-0.2, -0.15) is 0 Å². The Bertz CT molecular complexity index is 879. The summed E-state index contributed by atoms with van der Waals surface area (Å²) in [6.07, 6.45) is 1.18. The van der Waals surface area contributed by atoms with Gasteiger partial charge in [-0.15, -0.1) is 11.3 Å². The van der Waals surface area contributed by atoms with Crippen LogP contribution in [0.25, 0.3) is 10.2 Å². The third-order valence-electron chi connectivity index (χ3n) is 4.90. The highest BCUT2D eigenvalue weighted by atomic mass is 32.1. The van der Waals surface area contributed by atoms with E-state index in [0.717, 1.165) is 30.2 Å². The van der Waals surface area contributed by atoms with Crippen molar-refractivity contribution in [2.24, 2.45) is 0 Å². The molecule has 1 aromatic heterocycles. The molecule has 2 aromatic carbocycles. The zero-order valence-electron chi connectivity index (χ0n) is 15.8. The molecular formula is C22H25N3O2S. The van der Waals surface area contributed by atoms with Crippen molar-refractivity contribution in [1.29, 1.82) is 0 Å². The first-order valence-electron chi connectivity index (χ1n) is 9.75. The highest BCUT2D eigenvalue weighted by molar-refractivity contribution is 7.18. The maximum Gasteiger partial charge on any atom is 0.220 e. The molecule has 2 heterocycles. The lowest BCUT2D eigenvalue weighted by Crippen LogP contribution is -2.47. The SMILES string of the molecule is O=C(CCc1nc2ccccc2s1)NCC1CN(Cc2ccccc2)CCO1. The fourth-order valence-corrected chi connectivity index (χ4v) is 4.42. The first-order chi connectivity index (χ1) is 13.8. The van der Waals surface area contributed by atoms with Gasteiger partial charge in [0.2, 0.25) is 5.91 Å². The quantitative estimate of drug-likeness (QED) is 0.667. The molecule has 0 bridgehead atoms. The summed E-state index contributed by atoms with van der Waals surface area (Å²) in [5.74, 6) is 0.0584. The van der Waals surface area contributed by atoms with Gasteiger partial charge in [-0.25, -0.2) is 4.98 Å². The van der Waals surface area contributed by atoms with E-state index in [1.54, 1.807) is 11.3 Å². The fraction of sp³-hybridized carbons (Fsp3) is 0.364. The zero-order valence-corrected chi connectivity index (χ0v) is 16.7. The molecule has 146 valence electrons. The molecule has 1 atom stereocenters. The first kappa shape index (κ1) is 19.1. The van der Waals surface area contributed by atoms with Crippen LogP contribution in [0.15, 0.2) is 54.6 Å². The number of fused-ring (bicyclic) bond motifs is 1. The highest BCUT2D eigenvalue weighted by Crippen LogP contribution is 2.22. The smallest absolute Gasteiger partial charge is 0.220 e. The molecule has 0 radical (unpaired) electrons. The van der Waals surface area contributed by atoms with Crippen LogP contribution in [0.5, 0.6) is 0 Å². The predicted octanol–water partition coefficient (Wildman–Crippen LogP) is 3.25. The Morgan fingerprint density at radius 3 is 2.86 bits per heavy atom. The average molecular weight is 396 g/mol. The molecule has 1 aliphatic rings. The number of hydrogen-bond acceptors (Lipinski definition) is 5. The minimum atomic E-state index is 0.0452. The van der Waals surface area contributed by atoms with Crippen molar-refractivity contribution in [3.8, 4) is 0 Å². The van der Waals surface area contributed by atoms with Crippen molar-refractivity contribution in [3.63, 3.8) is 0 Å². The summed E-state index contributed by atoms with van der Waals surface area (Å²) in [4.78, 5) is 19.2. The molecule has 0 saturated carbocycles. The fourth-order valence-electron chi connectivity index (χ4n) is 3.45. The molecule has 1 saturated heterocycles. The Labute approximate surface area is 169 Å². The van der Waals surface area contributed by atoms with Gasteiger partial charge in [0.25, 0.3) is 0 Å². The van der Waals surface area contributed by atoms with Crippen LogP contribution in [0.2, 0.25) is 0 Å². The lowest BCUT2D eigenvalue weighted by Gasteiger charge is -2.33. The van der Waals surface area contributed by atoms with E-state index in [9.17, 15) is 4.79 Å². The Kier molecular flexibility index (Phi) is 6.31. The van der Waals surface area contributed by atoms with Gasteiger partial charge in [0.1, 0.15) is 0 Å². The van der Waals surface area contributed by atoms with Gasteiger partial charge in [-0.05, 0) is 17.7 Å². The Hall–Kier alpha value is -2.28.